The van der Waals surface area contributed by atoms with Crippen LogP contribution in [0.5, 0.6) is 5.75 Å². The van der Waals surface area contributed by atoms with Crippen LogP contribution in [0.1, 0.15) is 39.7 Å². The number of aromatic amines is 1. The molecule has 2 atom stereocenters. The highest BCUT2D eigenvalue weighted by molar-refractivity contribution is 5.94. The first-order valence-corrected chi connectivity index (χ1v) is 10.1. The normalized spacial score (nSPS) is 23.3. The van der Waals surface area contributed by atoms with Crippen molar-refractivity contribution in [3.05, 3.63) is 47.7 Å². The van der Waals surface area contributed by atoms with Crippen molar-refractivity contribution in [1.82, 2.24) is 9.88 Å². The largest absolute Gasteiger partial charge is 0.497 e. The number of hydrogen-bond donors (Lipinski definition) is 1. The predicted octanol–water partition coefficient (Wildman–Crippen LogP) is 5.03. The van der Waals surface area contributed by atoms with Crippen LogP contribution in [0.2, 0.25) is 0 Å². The summed E-state index contributed by atoms with van der Waals surface area (Å²) < 4.78 is 5.38. The lowest BCUT2D eigenvalue weighted by Crippen LogP contribution is -2.36. The Morgan fingerprint density at radius 3 is 2.75 bits per heavy atom. The van der Waals surface area contributed by atoms with Gasteiger partial charge in [0.25, 0.3) is 0 Å². The highest BCUT2D eigenvalue weighted by Gasteiger charge is 2.61. The van der Waals surface area contributed by atoms with Gasteiger partial charge in [-0.25, -0.2) is 0 Å². The van der Waals surface area contributed by atoms with Gasteiger partial charge in [0, 0.05) is 35.8 Å². The molecule has 1 aliphatic carbocycles. The lowest BCUT2D eigenvalue weighted by Gasteiger charge is -2.27. The van der Waals surface area contributed by atoms with E-state index in [1.807, 2.05) is 11.0 Å². The van der Waals surface area contributed by atoms with Crippen LogP contribution in [0.15, 0.2) is 42.1 Å². The van der Waals surface area contributed by atoms with Gasteiger partial charge in [-0.15, -0.1) is 0 Å². The number of carbonyl (C=O) groups is 1. The van der Waals surface area contributed by atoms with Crippen molar-refractivity contribution in [1.29, 1.82) is 0 Å². The number of allylic oxidation sites excluding steroid dienone is 2. The molecule has 0 saturated heterocycles. The molecule has 28 heavy (non-hydrogen) atoms. The zero-order chi connectivity index (χ0) is 20.1. The fourth-order valence-corrected chi connectivity index (χ4v) is 4.62. The molecule has 0 unspecified atom stereocenters. The molecule has 0 radical (unpaired) electrons. The molecule has 2 aromatic rings. The van der Waals surface area contributed by atoms with E-state index in [4.69, 9.17) is 4.74 Å². The standard InChI is InChI=1S/C24H30N2O2/c1-15(2)12-20-22(24(20,3)4)23(27)26-10-8-16(9-11-26)19-14-25-21-7-6-17(28-5)13-18(19)21/h6-8,12-14,20,22,25H,9-11H2,1-5H3/t20-,22+/m0/s1. The number of benzene rings is 1. The van der Waals surface area contributed by atoms with E-state index in [1.54, 1.807) is 7.11 Å². The molecule has 148 valence electrons. The molecule has 1 amide bonds. The van der Waals surface area contributed by atoms with Crippen LogP contribution in [-0.4, -0.2) is 36.0 Å². The van der Waals surface area contributed by atoms with E-state index < -0.39 is 0 Å². The van der Waals surface area contributed by atoms with Gasteiger partial charge >= 0.3 is 0 Å². The number of H-pyrrole nitrogens is 1. The summed E-state index contributed by atoms with van der Waals surface area (Å²) in [6.45, 7) is 10.1. The maximum atomic E-state index is 13.1. The second-order valence-electron chi connectivity index (χ2n) is 8.95. The number of nitrogens with one attached hydrogen (secondary N) is 1. The SMILES string of the molecule is COc1ccc2[nH]cc(C3=CCN(C(=O)[C@H]4[C@H](C=C(C)C)C4(C)C)CC3)c2c1. The van der Waals surface area contributed by atoms with Gasteiger partial charge in [-0.1, -0.05) is 31.6 Å². The molecule has 1 aromatic heterocycles. The molecule has 1 saturated carbocycles. The summed E-state index contributed by atoms with van der Waals surface area (Å²) in [5, 5.41) is 1.18. The topological polar surface area (TPSA) is 45.3 Å². The average Bonchev–Trinajstić information content (AvgIpc) is 3.02. The number of aromatic nitrogens is 1. The number of carbonyl (C=O) groups excluding carboxylic acids is 1. The molecule has 1 aliphatic heterocycles. The molecule has 1 aromatic carbocycles. The summed E-state index contributed by atoms with van der Waals surface area (Å²) in [6.07, 6.45) is 7.44. The molecule has 4 nitrogen and oxygen atoms in total. The van der Waals surface area contributed by atoms with Gasteiger partial charge in [-0.3, -0.25) is 4.79 Å². The van der Waals surface area contributed by atoms with Crippen molar-refractivity contribution in [3.8, 4) is 5.75 Å². The van der Waals surface area contributed by atoms with Crippen molar-refractivity contribution in [2.24, 2.45) is 17.3 Å². The second kappa shape index (κ2) is 6.84. The molecule has 1 N–H and O–H groups in total. The van der Waals surface area contributed by atoms with Crippen molar-refractivity contribution in [3.63, 3.8) is 0 Å². The molecule has 1 fully saturated rings. The summed E-state index contributed by atoms with van der Waals surface area (Å²) in [4.78, 5) is 18.5. The minimum Gasteiger partial charge on any atom is -0.497 e. The minimum atomic E-state index is 0.0751. The summed E-state index contributed by atoms with van der Waals surface area (Å²) in [7, 11) is 1.69. The van der Waals surface area contributed by atoms with Crippen molar-refractivity contribution in [2.75, 3.05) is 20.2 Å². The highest BCUT2D eigenvalue weighted by atomic mass is 16.5. The Hall–Kier alpha value is -2.49. The second-order valence-corrected chi connectivity index (χ2v) is 8.95. The van der Waals surface area contributed by atoms with Gasteiger partial charge < -0.3 is 14.6 Å². The van der Waals surface area contributed by atoms with E-state index in [0.29, 0.717) is 18.4 Å². The van der Waals surface area contributed by atoms with Gasteiger partial charge in [-0.05, 0) is 55.4 Å². The number of rotatable bonds is 4. The molecule has 2 heterocycles. The third-order valence-electron chi connectivity index (χ3n) is 6.45. The van der Waals surface area contributed by atoms with Crippen LogP contribution >= 0.6 is 0 Å². The van der Waals surface area contributed by atoms with Crippen LogP contribution in [0.4, 0.5) is 0 Å². The van der Waals surface area contributed by atoms with Crippen LogP contribution in [0.3, 0.4) is 0 Å². The van der Waals surface area contributed by atoms with E-state index in [0.717, 1.165) is 24.2 Å². The molecule has 4 rings (SSSR count). The van der Waals surface area contributed by atoms with Gasteiger partial charge in [0.1, 0.15) is 5.75 Å². The van der Waals surface area contributed by atoms with Crippen molar-refractivity contribution >= 4 is 22.4 Å². The minimum absolute atomic E-state index is 0.0751. The average molecular weight is 379 g/mol. The van der Waals surface area contributed by atoms with Gasteiger partial charge in [0.2, 0.25) is 5.91 Å². The van der Waals surface area contributed by atoms with E-state index in [2.05, 4.69) is 63.2 Å². The zero-order valence-electron chi connectivity index (χ0n) is 17.5. The van der Waals surface area contributed by atoms with Crippen molar-refractivity contribution < 1.29 is 9.53 Å². The summed E-state index contributed by atoms with van der Waals surface area (Å²) in [6, 6.07) is 6.10. The maximum Gasteiger partial charge on any atom is 0.227 e. The highest BCUT2D eigenvalue weighted by Crippen LogP contribution is 2.60. The van der Waals surface area contributed by atoms with Crippen LogP contribution in [0, 0.1) is 17.3 Å². The Bertz CT molecular complexity index is 976. The number of ether oxygens (including phenoxy) is 1. The Balaban J connectivity index is 1.51. The number of methoxy groups -OCH3 is 1. The Labute approximate surface area is 167 Å². The van der Waals surface area contributed by atoms with Crippen LogP contribution in [0.25, 0.3) is 16.5 Å². The first-order valence-electron chi connectivity index (χ1n) is 10.1. The number of hydrogen-bond acceptors (Lipinski definition) is 2. The van der Waals surface area contributed by atoms with E-state index >= 15 is 0 Å². The first kappa shape index (κ1) is 18.9. The molecule has 2 aliphatic rings. The van der Waals surface area contributed by atoms with E-state index in [1.165, 1.54) is 22.1 Å². The molecular weight excluding hydrogens is 348 g/mol. The Kier molecular flexibility index (Phi) is 4.60. The summed E-state index contributed by atoms with van der Waals surface area (Å²) in [5.74, 6) is 1.66. The number of amides is 1. The zero-order valence-corrected chi connectivity index (χ0v) is 17.5. The predicted molar refractivity (Wildman–Crippen MR) is 114 cm³/mol. The third-order valence-corrected chi connectivity index (χ3v) is 6.45. The Morgan fingerprint density at radius 1 is 1.32 bits per heavy atom. The molecule has 0 bridgehead atoms. The van der Waals surface area contributed by atoms with Crippen LogP contribution < -0.4 is 4.74 Å². The molecule has 4 heteroatoms. The fraction of sp³-hybridized carbons (Fsp3) is 0.458. The van der Waals surface area contributed by atoms with Gasteiger partial charge in [0.05, 0.1) is 13.0 Å². The monoisotopic (exact) mass is 378 g/mol. The third kappa shape index (κ3) is 3.15. The lowest BCUT2D eigenvalue weighted by molar-refractivity contribution is -0.133. The maximum absolute atomic E-state index is 13.1. The smallest absolute Gasteiger partial charge is 0.227 e. The van der Waals surface area contributed by atoms with Gasteiger partial charge in [0.15, 0.2) is 0 Å². The fourth-order valence-electron chi connectivity index (χ4n) is 4.62. The molecule has 0 spiro atoms. The molecular formula is C24H30N2O2. The van der Waals surface area contributed by atoms with E-state index in [9.17, 15) is 4.79 Å². The van der Waals surface area contributed by atoms with Crippen molar-refractivity contribution in [2.45, 2.75) is 34.1 Å². The first-order chi connectivity index (χ1) is 13.3. The summed E-state index contributed by atoms with van der Waals surface area (Å²) in [5.41, 5.74) is 5.00. The summed E-state index contributed by atoms with van der Waals surface area (Å²) >= 11 is 0. The quantitative estimate of drug-likeness (QED) is 0.759. The van der Waals surface area contributed by atoms with Crippen LogP contribution in [-0.2, 0) is 4.79 Å². The Morgan fingerprint density at radius 2 is 2.11 bits per heavy atom. The van der Waals surface area contributed by atoms with E-state index in [-0.39, 0.29) is 11.3 Å². The number of nitrogens with zero attached hydrogens (tertiary/aromatic N) is 1. The number of fused-ring (bicyclic) bond motifs is 1. The lowest BCUT2D eigenvalue weighted by atomic mass is 9.98. The van der Waals surface area contributed by atoms with Gasteiger partial charge in [-0.2, -0.15) is 0 Å².